The van der Waals surface area contributed by atoms with Crippen molar-refractivity contribution < 1.29 is 0 Å². The normalized spacial score (nSPS) is 20.8. The molecule has 1 aliphatic heterocycles. The average Bonchev–Trinajstić information content (AvgIpc) is 2.92. The smallest absolute Gasteiger partial charge is 0.0953 e. The summed E-state index contributed by atoms with van der Waals surface area (Å²) in [7, 11) is 1.94. The Morgan fingerprint density at radius 1 is 1.28 bits per heavy atom. The van der Waals surface area contributed by atoms with Crippen molar-refractivity contribution in [1.82, 2.24) is 24.6 Å². The van der Waals surface area contributed by atoms with E-state index in [2.05, 4.69) is 20.0 Å². The lowest BCUT2D eigenvalue weighted by molar-refractivity contribution is 0.457. The summed E-state index contributed by atoms with van der Waals surface area (Å²) < 4.78 is 4.14. The molecule has 0 saturated carbocycles. The molecule has 1 atom stereocenters. The number of rotatable bonds is 2. The zero-order chi connectivity index (χ0) is 12.4. The van der Waals surface area contributed by atoms with Crippen LogP contribution in [0.15, 0.2) is 24.9 Å². The summed E-state index contributed by atoms with van der Waals surface area (Å²) in [5.74, 6) is 0. The molecule has 1 fully saturated rings. The van der Waals surface area contributed by atoms with E-state index in [1.807, 2.05) is 36.6 Å². The highest BCUT2D eigenvalue weighted by Gasteiger charge is 2.17. The van der Waals surface area contributed by atoms with Gasteiger partial charge in [-0.05, 0) is 32.4 Å². The predicted molar refractivity (Wildman–Crippen MR) is 70.2 cm³/mol. The molecule has 1 unspecified atom stereocenters. The fourth-order valence-corrected chi connectivity index (χ4v) is 2.65. The highest BCUT2D eigenvalue weighted by atomic mass is 15.2. The first-order valence-electron chi connectivity index (χ1n) is 6.56. The summed E-state index contributed by atoms with van der Waals surface area (Å²) >= 11 is 0. The first kappa shape index (κ1) is 11.5. The molecule has 2 aromatic heterocycles. The summed E-state index contributed by atoms with van der Waals surface area (Å²) in [6, 6.07) is 0.553. The second-order valence-corrected chi connectivity index (χ2v) is 4.92. The van der Waals surface area contributed by atoms with E-state index in [0.717, 1.165) is 18.7 Å². The predicted octanol–water partition coefficient (Wildman–Crippen LogP) is 1.60. The average molecular weight is 245 g/mol. The van der Waals surface area contributed by atoms with Crippen LogP contribution in [-0.4, -0.2) is 32.4 Å². The molecule has 3 rings (SSSR count). The zero-order valence-corrected chi connectivity index (χ0v) is 10.7. The van der Waals surface area contributed by atoms with Crippen LogP contribution >= 0.6 is 0 Å². The maximum absolute atomic E-state index is 4.32. The van der Waals surface area contributed by atoms with Crippen LogP contribution in [0.2, 0.25) is 0 Å². The summed E-state index contributed by atoms with van der Waals surface area (Å²) in [6.07, 6.45) is 11.5. The number of aromatic nitrogens is 4. The minimum absolute atomic E-state index is 0.553. The lowest BCUT2D eigenvalue weighted by atomic mass is 10.1. The Hall–Kier alpha value is -1.62. The van der Waals surface area contributed by atoms with Crippen molar-refractivity contribution in [3.8, 4) is 11.3 Å². The van der Waals surface area contributed by atoms with Crippen LogP contribution in [-0.2, 0) is 7.05 Å². The molecule has 0 bridgehead atoms. The Morgan fingerprint density at radius 3 is 3.06 bits per heavy atom. The van der Waals surface area contributed by atoms with Crippen molar-refractivity contribution in [3.63, 3.8) is 0 Å². The third kappa shape index (κ3) is 2.18. The van der Waals surface area contributed by atoms with Gasteiger partial charge >= 0.3 is 0 Å². The van der Waals surface area contributed by atoms with Gasteiger partial charge in [0.25, 0.3) is 0 Å². The highest BCUT2D eigenvalue weighted by Crippen LogP contribution is 2.27. The third-order valence-electron chi connectivity index (χ3n) is 3.61. The molecule has 18 heavy (non-hydrogen) atoms. The van der Waals surface area contributed by atoms with Crippen molar-refractivity contribution in [2.75, 3.05) is 13.1 Å². The fourth-order valence-electron chi connectivity index (χ4n) is 2.65. The highest BCUT2D eigenvalue weighted by molar-refractivity contribution is 5.56. The van der Waals surface area contributed by atoms with Gasteiger partial charge in [-0.2, -0.15) is 5.10 Å². The van der Waals surface area contributed by atoms with E-state index in [4.69, 9.17) is 0 Å². The Morgan fingerprint density at radius 2 is 2.22 bits per heavy atom. The molecule has 5 heteroatoms. The molecular formula is C13H19N5. The molecule has 2 aromatic rings. The van der Waals surface area contributed by atoms with Gasteiger partial charge in [-0.1, -0.05) is 0 Å². The minimum atomic E-state index is 0.553. The summed E-state index contributed by atoms with van der Waals surface area (Å²) in [4.78, 5) is 4.32. The van der Waals surface area contributed by atoms with Gasteiger partial charge in [0.2, 0.25) is 0 Å². The quantitative estimate of drug-likeness (QED) is 0.874. The van der Waals surface area contributed by atoms with Gasteiger partial charge in [-0.3, -0.25) is 4.68 Å². The van der Waals surface area contributed by atoms with E-state index >= 15 is 0 Å². The van der Waals surface area contributed by atoms with Crippen LogP contribution in [0.4, 0.5) is 0 Å². The Balaban J connectivity index is 1.90. The van der Waals surface area contributed by atoms with Gasteiger partial charge in [0.05, 0.1) is 24.4 Å². The van der Waals surface area contributed by atoms with Crippen molar-refractivity contribution in [3.05, 3.63) is 24.9 Å². The van der Waals surface area contributed by atoms with Gasteiger partial charge in [-0.25, -0.2) is 4.98 Å². The van der Waals surface area contributed by atoms with Crippen LogP contribution < -0.4 is 5.32 Å². The SMILES string of the molecule is Cn1cc(-c2cncn2C2CCCNCC2)cn1. The first-order valence-corrected chi connectivity index (χ1v) is 6.56. The molecule has 5 nitrogen and oxygen atoms in total. The van der Waals surface area contributed by atoms with E-state index in [9.17, 15) is 0 Å². The number of imidazole rings is 1. The first-order chi connectivity index (χ1) is 8.84. The van der Waals surface area contributed by atoms with E-state index in [-0.39, 0.29) is 0 Å². The molecule has 0 aliphatic carbocycles. The standard InChI is InChI=1S/C13H19N5/c1-17-9-11(7-16-17)13-8-15-10-18(13)12-3-2-5-14-6-4-12/h7-10,12,14H,2-6H2,1H3. The molecule has 1 N–H and O–H groups in total. The number of nitrogens with zero attached hydrogens (tertiary/aromatic N) is 4. The van der Waals surface area contributed by atoms with Crippen molar-refractivity contribution in [1.29, 1.82) is 0 Å². The molecule has 0 radical (unpaired) electrons. The molecule has 0 amide bonds. The maximum Gasteiger partial charge on any atom is 0.0953 e. The summed E-state index contributed by atoms with van der Waals surface area (Å²) in [5.41, 5.74) is 2.32. The lowest BCUT2D eigenvalue weighted by Crippen LogP contribution is -2.15. The molecule has 96 valence electrons. The van der Waals surface area contributed by atoms with Crippen LogP contribution in [0, 0.1) is 0 Å². The van der Waals surface area contributed by atoms with Crippen molar-refractivity contribution in [2.24, 2.45) is 7.05 Å². The fraction of sp³-hybridized carbons (Fsp3) is 0.538. The number of aryl methyl sites for hydroxylation is 1. The van der Waals surface area contributed by atoms with Crippen LogP contribution in [0.1, 0.15) is 25.3 Å². The van der Waals surface area contributed by atoms with Gasteiger partial charge in [0.1, 0.15) is 0 Å². The van der Waals surface area contributed by atoms with Gasteiger partial charge in [0.15, 0.2) is 0 Å². The van der Waals surface area contributed by atoms with E-state index in [0.29, 0.717) is 6.04 Å². The van der Waals surface area contributed by atoms with Crippen LogP contribution in [0.25, 0.3) is 11.3 Å². The zero-order valence-electron chi connectivity index (χ0n) is 10.7. The number of hydrogen-bond donors (Lipinski definition) is 1. The number of nitrogens with one attached hydrogen (secondary N) is 1. The summed E-state index contributed by atoms with van der Waals surface area (Å²) in [5, 5.41) is 7.69. The third-order valence-corrected chi connectivity index (χ3v) is 3.61. The van der Waals surface area contributed by atoms with E-state index < -0.39 is 0 Å². The summed E-state index contributed by atoms with van der Waals surface area (Å²) in [6.45, 7) is 2.22. The number of hydrogen-bond acceptors (Lipinski definition) is 3. The van der Waals surface area contributed by atoms with Crippen LogP contribution in [0.3, 0.4) is 0 Å². The molecule has 3 heterocycles. The van der Waals surface area contributed by atoms with E-state index in [1.54, 1.807) is 0 Å². The second kappa shape index (κ2) is 4.94. The second-order valence-electron chi connectivity index (χ2n) is 4.92. The Bertz CT molecular complexity index is 505. The van der Waals surface area contributed by atoms with Gasteiger partial charge < -0.3 is 9.88 Å². The monoisotopic (exact) mass is 245 g/mol. The largest absolute Gasteiger partial charge is 0.327 e. The Labute approximate surface area is 107 Å². The molecular weight excluding hydrogens is 226 g/mol. The topological polar surface area (TPSA) is 47.7 Å². The van der Waals surface area contributed by atoms with Gasteiger partial charge in [0, 0.05) is 24.8 Å². The molecule has 1 aliphatic rings. The Kier molecular flexibility index (Phi) is 3.15. The molecule has 0 spiro atoms. The maximum atomic E-state index is 4.32. The van der Waals surface area contributed by atoms with Crippen molar-refractivity contribution in [2.45, 2.75) is 25.3 Å². The van der Waals surface area contributed by atoms with E-state index in [1.165, 1.54) is 25.0 Å². The van der Waals surface area contributed by atoms with Crippen molar-refractivity contribution >= 4 is 0 Å². The molecule has 1 saturated heterocycles. The molecule has 0 aromatic carbocycles. The van der Waals surface area contributed by atoms with Gasteiger partial charge in [-0.15, -0.1) is 0 Å². The van der Waals surface area contributed by atoms with Crippen LogP contribution in [0.5, 0.6) is 0 Å². The lowest BCUT2D eigenvalue weighted by Gasteiger charge is -2.18. The minimum Gasteiger partial charge on any atom is -0.327 e.